The molecule has 0 aliphatic rings. The van der Waals surface area contributed by atoms with Gasteiger partial charge < -0.3 is 4.12 Å². The summed E-state index contributed by atoms with van der Waals surface area (Å²) in [4.78, 5) is 0. The maximum atomic E-state index is 6.15. The second-order valence-electron chi connectivity index (χ2n) is 5.34. The van der Waals surface area contributed by atoms with Gasteiger partial charge in [-0.25, -0.2) is 0 Å². The van der Waals surface area contributed by atoms with E-state index in [0.717, 1.165) is 5.56 Å². The summed E-state index contributed by atoms with van der Waals surface area (Å²) < 4.78 is 6.15. The third kappa shape index (κ3) is 5.31. The van der Waals surface area contributed by atoms with E-state index in [-0.39, 0.29) is 0 Å². The molecule has 0 amide bonds. The predicted molar refractivity (Wildman–Crippen MR) is 75.2 cm³/mol. The summed E-state index contributed by atoms with van der Waals surface area (Å²) in [5.74, 6) is 3.22. The van der Waals surface area contributed by atoms with Gasteiger partial charge in [-0.1, -0.05) is 29.7 Å². The van der Waals surface area contributed by atoms with Crippen molar-refractivity contribution in [2.45, 2.75) is 32.7 Å². The molecule has 1 rings (SSSR count). The Morgan fingerprint density at radius 3 is 2.00 bits per heavy atom. The first-order chi connectivity index (χ1) is 7.29. The molecule has 0 saturated carbocycles. The van der Waals surface area contributed by atoms with E-state index >= 15 is 0 Å². The molecule has 0 spiro atoms. The zero-order valence-corrected chi connectivity index (χ0v) is 12.8. The van der Waals surface area contributed by atoms with Gasteiger partial charge in [-0.15, -0.1) is 0 Å². The fraction of sp³-hybridized carbons (Fsp3) is 0.385. The average Bonchev–Trinajstić information content (AvgIpc) is 2.13. The van der Waals surface area contributed by atoms with Crippen molar-refractivity contribution in [1.82, 2.24) is 0 Å². The van der Waals surface area contributed by atoms with Crippen LogP contribution in [0.4, 0.5) is 0 Å². The molecule has 0 radical (unpaired) electrons. The smallest absolute Gasteiger partial charge is 0.256 e. The Bertz CT molecular complexity index is 393. The van der Waals surface area contributed by atoms with Crippen LogP contribution in [-0.2, 0) is 4.12 Å². The minimum absolute atomic E-state index is 1.07. The van der Waals surface area contributed by atoms with Crippen LogP contribution in [-0.4, -0.2) is 16.6 Å². The maximum absolute atomic E-state index is 6.15. The van der Waals surface area contributed by atoms with Crippen LogP contribution in [0.3, 0.4) is 0 Å². The van der Waals surface area contributed by atoms with Crippen molar-refractivity contribution in [1.29, 1.82) is 0 Å². The van der Waals surface area contributed by atoms with Crippen molar-refractivity contribution in [3.8, 4) is 11.5 Å². The van der Waals surface area contributed by atoms with E-state index < -0.39 is 16.6 Å². The molecule has 0 aromatic heterocycles. The fourth-order valence-electron chi connectivity index (χ4n) is 1.54. The van der Waals surface area contributed by atoms with Crippen LogP contribution >= 0.6 is 0 Å². The van der Waals surface area contributed by atoms with Crippen molar-refractivity contribution >= 4 is 16.6 Å². The van der Waals surface area contributed by atoms with Gasteiger partial charge >= 0.3 is 0 Å². The maximum Gasteiger partial charge on any atom is 0.256 e. The number of hydrogen-bond donors (Lipinski definition) is 0. The zero-order chi connectivity index (χ0) is 12.2. The van der Waals surface area contributed by atoms with Crippen LogP contribution < -0.4 is 0 Å². The molecule has 0 fully saturated rings. The summed E-state index contributed by atoms with van der Waals surface area (Å²) in [5.41, 5.74) is 4.40. The SMILES string of the molecule is C[Si](C)(C)O[Si](C)(C)C#Cc1ccccc1. The van der Waals surface area contributed by atoms with E-state index in [0.29, 0.717) is 0 Å². The van der Waals surface area contributed by atoms with Gasteiger partial charge in [0.15, 0.2) is 8.32 Å². The van der Waals surface area contributed by atoms with Gasteiger partial charge in [-0.3, -0.25) is 0 Å². The fourth-order valence-corrected chi connectivity index (χ4v) is 8.31. The predicted octanol–water partition coefficient (Wildman–Crippen LogP) is 3.63. The van der Waals surface area contributed by atoms with E-state index in [1.165, 1.54) is 0 Å². The van der Waals surface area contributed by atoms with E-state index in [2.05, 4.69) is 44.2 Å². The molecule has 16 heavy (non-hydrogen) atoms. The van der Waals surface area contributed by atoms with Gasteiger partial charge in [-0.05, 0) is 44.9 Å². The Hall–Kier alpha value is -0.826. The Balaban J connectivity index is 2.77. The molecule has 0 aliphatic carbocycles. The molecular weight excluding hydrogens is 228 g/mol. The third-order valence-corrected chi connectivity index (χ3v) is 7.06. The molecule has 0 aliphatic heterocycles. The van der Waals surface area contributed by atoms with Gasteiger partial charge in [0.1, 0.15) is 0 Å². The van der Waals surface area contributed by atoms with Crippen molar-refractivity contribution < 1.29 is 4.12 Å². The van der Waals surface area contributed by atoms with Gasteiger partial charge in [0.05, 0.1) is 0 Å². The molecule has 0 saturated heterocycles. The average molecular weight is 248 g/mol. The van der Waals surface area contributed by atoms with E-state index in [4.69, 9.17) is 4.12 Å². The second-order valence-corrected chi connectivity index (χ2v) is 13.7. The third-order valence-electron chi connectivity index (χ3n) is 1.84. The second kappa shape index (κ2) is 5.00. The van der Waals surface area contributed by atoms with Gasteiger partial charge in [0, 0.05) is 5.56 Å². The molecule has 86 valence electrons. The van der Waals surface area contributed by atoms with Gasteiger partial charge in [-0.2, -0.15) is 0 Å². The summed E-state index contributed by atoms with van der Waals surface area (Å²) in [7, 11) is -3.29. The van der Waals surface area contributed by atoms with Crippen LogP contribution in [0.2, 0.25) is 32.7 Å². The Morgan fingerprint density at radius 2 is 1.50 bits per heavy atom. The van der Waals surface area contributed by atoms with Crippen LogP contribution in [0, 0.1) is 11.5 Å². The molecule has 0 N–H and O–H groups in total. The van der Waals surface area contributed by atoms with Gasteiger partial charge in [0.2, 0.25) is 0 Å². The first kappa shape index (κ1) is 13.2. The Morgan fingerprint density at radius 1 is 0.938 bits per heavy atom. The largest absolute Gasteiger partial charge is 0.447 e. The topological polar surface area (TPSA) is 9.23 Å². The lowest BCUT2D eigenvalue weighted by Gasteiger charge is -2.26. The highest BCUT2D eigenvalue weighted by Crippen LogP contribution is 2.13. The molecule has 3 heteroatoms. The van der Waals surface area contributed by atoms with Crippen LogP contribution in [0.15, 0.2) is 30.3 Å². The number of hydrogen-bond acceptors (Lipinski definition) is 1. The molecular formula is C13H20OSi2. The zero-order valence-electron chi connectivity index (χ0n) is 10.8. The van der Waals surface area contributed by atoms with Crippen LogP contribution in [0.5, 0.6) is 0 Å². The van der Waals surface area contributed by atoms with Crippen molar-refractivity contribution in [3.63, 3.8) is 0 Å². The molecule has 1 nitrogen and oxygen atoms in total. The molecule has 1 aromatic rings. The Labute approximate surface area is 101 Å². The van der Waals surface area contributed by atoms with E-state index in [9.17, 15) is 0 Å². The molecule has 0 unspecified atom stereocenters. The van der Waals surface area contributed by atoms with Crippen molar-refractivity contribution in [3.05, 3.63) is 35.9 Å². The minimum Gasteiger partial charge on any atom is -0.447 e. The van der Waals surface area contributed by atoms with Gasteiger partial charge in [0.25, 0.3) is 8.32 Å². The van der Waals surface area contributed by atoms with Crippen LogP contribution in [0.1, 0.15) is 5.56 Å². The molecule has 0 heterocycles. The highest BCUT2D eigenvalue weighted by atomic mass is 28.4. The van der Waals surface area contributed by atoms with E-state index in [1.54, 1.807) is 0 Å². The quantitative estimate of drug-likeness (QED) is 0.573. The summed E-state index contributed by atoms with van der Waals surface area (Å²) >= 11 is 0. The number of benzene rings is 1. The highest BCUT2D eigenvalue weighted by Gasteiger charge is 2.27. The highest BCUT2D eigenvalue weighted by molar-refractivity contribution is 6.88. The lowest BCUT2D eigenvalue weighted by Crippen LogP contribution is -2.41. The lowest BCUT2D eigenvalue weighted by atomic mass is 10.2. The molecule has 0 bridgehead atoms. The monoisotopic (exact) mass is 248 g/mol. The first-order valence-electron chi connectivity index (χ1n) is 5.57. The standard InChI is InChI=1S/C13H20OSi2/c1-15(2,3)14-16(4,5)12-11-13-9-7-6-8-10-13/h6-10H,1-5H3. The summed E-state index contributed by atoms with van der Waals surface area (Å²) in [6, 6.07) is 10.1. The summed E-state index contributed by atoms with van der Waals surface area (Å²) in [6.07, 6.45) is 0. The van der Waals surface area contributed by atoms with E-state index in [1.807, 2.05) is 30.3 Å². The number of rotatable bonds is 2. The Kier molecular flexibility index (Phi) is 4.14. The summed E-state index contributed by atoms with van der Waals surface area (Å²) in [6.45, 7) is 11.0. The minimum atomic E-state index is -1.82. The first-order valence-corrected chi connectivity index (χ1v) is 11.9. The molecule has 1 aromatic carbocycles. The molecule has 0 atom stereocenters. The summed E-state index contributed by atoms with van der Waals surface area (Å²) in [5, 5.41) is 0. The van der Waals surface area contributed by atoms with Crippen molar-refractivity contribution in [2.24, 2.45) is 0 Å². The van der Waals surface area contributed by atoms with Crippen molar-refractivity contribution in [2.75, 3.05) is 0 Å². The van der Waals surface area contributed by atoms with Crippen LogP contribution in [0.25, 0.3) is 0 Å². The normalized spacial score (nSPS) is 11.8. The lowest BCUT2D eigenvalue weighted by molar-refractivity contribution is 0.567.